The maximum atomic E-state index is 10.6. The molecule has 0 aromatic rings. The first-order chi connectivity index (χ1) is 6.72. The van der Waals surface area contributed by atoms with Crippen LogP contribution in [0.25, 0.3) is 0 Å². The Labute approximate surface area is 85.4 Å². The van der Waals surface area contributed by atoms with Crippen LogP contribution in [0.4, 0.5) is 0 Å². The minimum atomic E-state index is -4.66. The monoisotopic (exact) mass is 244 g/mol. The van der Waals surface area contributed by atoms with Crippen LogP contribution in [0, 0.1) is 0 Å². The summed E-state index contributed by atoms with van der Waals surface area (Å²) in [5.41, 5.74) is 0. The van der Waals surface area contributed by atoms with Crippen LogP contribution in [-0.2, 0) is 14.1 Å². The van der Waals surface area contributed by atoms with Gasteiger partial charge in [-0.3, -0.25) is 0 Å². The van der Waals surface area contributed by atoms with Crippen LogP contribution in [-0.4, -0.2) is 49.4 Å². The molecular weight excluding hydrogens is 231 g/mol. The number of carbonyl (C=O) groups excluding carboxylic acids is 1. The predicted molar refractivity (Wildman–Crippen MR) is 48.8 cm³/mol. The van der Waals surface area contributed by atoms with Crippen molar-refractivity contribution in [1.82, 2.24) is 0 Å². The summed E-state index contributed by atoms with van der Waals surface area (Å²) < 4.78 is 4.08. The first-order valence-corrected chi connectivity index (χ1v) is 5.72. The molecule has 0 saturated heterocycles. The third kappa shape index (κ3) is 8.37. The number of aliphatic hydroxyl groups is 1. The van der Waals surface area contributed by atoms with E-state index in [0.717, 1.165) is 0 Å². The van der Waals surface area contributed by atoms with Gasteiger partial charge in [0.25, 0.3) is 0 Å². The zero-order valence-electron chi connectivity index (χ0n) is 7.66. The van der Waals surface area contributed by atoms with E-state index in [0.29, 0.717) is 0 Å². The average Bonchev–Trinajstić information content (AvgIpc) is 2.09. The van der Waals surface area contributed by atoms with E-state index in [2.05, 4.69) is 4.52 Å². The Bertz CT molecular complexity index is 234. The summed E-state index contributed by atoms with van der Waals surface area (Å²) in [6.45, 7) is -0.581. The van der Waals surface area contributed by atoms with Gasteiger partial charge in [-0.15, -0.1) is 0 Å². The van der Waals surface area contributed by atoms with Gasteiger partial charge in [-0.05, 0) is 0 Å². The molecule has 0 saturated carbocycles. The van der Waals surface area contributed by atoms with Crippen LogP contribution in [0.3, 0.4) is 0 Å². The second-order valence-electron chi connectivity index (χ2n) is 2.81. The van der Waals surface area contributed by atoms with Crippen molar-refractivity contribution in [3.8, 4) is 0 Å². The summed E-state index contributed by atoms with van der Waals surface area (Å²) in [6.07, 6.45) is -1.83. The summed E-state index contributed by atoms with van der Waals surface area (Å²) >= 11 is 0. The number of carboxylic acids is 1. The molecule has 0 aromatic heterocycles. The standard InChI is InChI=1S/C6H13O8P/c7-4(3-14-15(11,12)13)1-2-5(8)6(9)10/h4,7,11-13,15H,1-3H2,(H,9,10)/t4-/m0/s1. The van der Waals surface area contributed by atoms with Crippen molar-refractivity contribution in [2.75, 3.05) is 6.61 Å². The second kappa shape index (κ2) is 6.06. The van der Waals surface area contributed by atoms with Crippen LogP contribution < -0.4 is 0 Å². The number of aliphatic hydroxyl groups excluding tert-OH is 1. The second-order valence-corrected chi connectivity index (χ2v) is 4.24. The number of hydrogen-bond donors (Lipinski definition) is 5. The Hall–Kier alpha value is -0.630. The van der Waals surface area contributed by atoms with Crippen molar-refractivity contribution in [3.05, 3.63) is 0 Å². The summed E-state index contributed by atoms with van der Waals surface area (Å²) in [6, 6.07) is 0. The van der Waals surface area contributed by atoms with Crippen molar-refractivity contribution in [2.24, 2.45) is 0 Å². The molecule has 0 rings (SSSR count). The molecule has 8 nitrogen and oxygen atoms in total. The molecule has 0 aliphatic carbocycles. The zero-order chi connectivity index (χ0) is 12.1. The first-order valence-electron chi connectivity index (χ1n) is 3.97. The Kier molecular flexibility index (Phi) is 5.81. The molecule has 0 unspecified atom stereocenters. The molecule has 0 bridgehead atoms. The van der Waals surface area contributed by atoms with Crippen LogP contribution in [0.5, 0.6) is 0 Å². The zero-order valence-corrected chi connectivity index (χ0v) is 8.66. The van der Waals surface area contributed by atoms with E-state index >= 15 is 0 Å². The Morgan fingerprint density at radius 3 is 2.20 bits per heavy atom. The summed E-state index contributed by atoms with van der Waals surface area (Å²) in [5.74, 6) is -2.66. The Morgan fingerprint density at radius 1 is 1.27 bits per heavy atom. The third-order valence-electron chi connectivity index (χ3n) is 1.41. The number of carboxylic acid groups (broad SMARTS) is 1. The van der Waals surface area contributed by atoms with Gasteiger partial charge in [-0.25, -0.2) is 0 Å². The summed E-state index contributed by atoms with van der Waals surface area (Å²) in [7, 11) is -4.66. The van der Waals surface area contributed by atoms with E-state index in [-0.39, 0.29) is 6.42 Å². The van der Waals surface area contributed by atoms with E-state index in [1.807, 2.05) is 0 Å². The Balaban J connectivity index is 3.71. The normalized spacial score (nSPS) is 14.7. The number of carbonyl (C=O) groups is 2. The molecule has 0 radical (unpaired) electrons. The van der Waals surface area contributed by atoms with Crippen LogP contribution in [0.2, 0.25) is 0 Å². The molecule has 0 fully saturated rings. The molecule has 0 aliphatic rings. The molecule has 0 aromatic carbocycles. The SMILES string of the molecule is O=C(O)C(=O)CC[C@H](O)CO[PH](O)(O)O. The fourth-order valence-electron chi connectivity index (χ4n) is 0.696. The molecule has 1 atom stereocenters. The number of hydrogen-bond acceptors (Lipinski definition) is 7. The minimum absolute atomic E-state index is 0.199. The van der Waals surface area contributed by atoms with Crippen LogP contribution >= 0.6 is 8.17 Å². The topological polar surface area (TPSA) is 145 Å². The van der Waals surface area contributed by atoms with Crippen molar-refractivity contribution in [3.63, 3.8) is 0 Å². The molecule has 0 aliphatic heterocycles. The fourth-order valence-corrected chi connectivity index (χ4v) is 1.11. The molecule has 0 heterocycles. The quantitative estimate of drug-likeness (QED) is 0.260. The summed E-state index contributed by atoms with van der Waals surface area (Å²) in [5, 5.41) is 17.2. The molecule has 15 heavy (non-hydrogen) atoms. The van der Waals surface area contributed by atoms with Crippen molar-refractivity contribution < 1.29 is 39.0 Å². The molecule has 5 N–H and O–H groups in total. The van der Waals surface area contributed by atoms with Crippen molar-refractivity contribution >= 4 is 19.9 Å². The average molecular weight is 244 g/mol. The number of rotatable bonds is 7. The fraction of sp³-hybridized carbons (Fsp3) is 0.667. The van der Waals surface area contributed by atoms with Gasteiger partial charge in [0.2, 0.25) is 0 Å². The molecule has 0 amide bonds. The van der Waals surface area contributed by atoms with Crippen LogP contribution in [0.15, 0.2) is 0 Å². The van der Waals surface area contributed by atoms with E-state index in [4.69, 9.17) is 24.9 Å². The van der Waals surface area contributed by atoms with E-state index in [1.54, 1.807) is 0 Å². The van der Waals surface area contributed by atoms with Gasteiger partial charge in [0.1, 0.15) is 0 Å². The van der Waals surface area contributed by atoms with Gasteiger partial charge in [0.05, 0.1) is 0 Å². The third-order valence-corrected chi connectivity index (χ3v) is 1.97. The van der Waals surface area contributed by atoms with Crippen molar-refractivity contribution in [1.29, 1.82) is 0 Å². The van der Waals surface area contributed by atoms with Crippen LogP contribution in [0.1, 0.15) is 12.8 Å². The van der Waals surface area contributed by atoms with Gasteiger partial charge < -0.3 is 0 Å². The van der Waals surface area contributed by atoms with E-state index in [9.17, 15) is 9.59 Å². The predicted octanol–water partition coefficient (Wildman–Crippen LogP) is -1.82. The van der Waals surface area contributed by atoms with Crippen molar-refractivity contribution in [2.45, 2.75) is 18.9 Å². The molecule has 9 heteroatoms. The van der Waals surface area contributed by atoms with Gasteiger partial charge in [-0.2, -0.15) is 0 Å². The maximum absolute atomic E-state index is 10.6. The van der Waals surface area contributed by atoms with Gasteiger partial charge >= 0.3 is 84.5 Å². The van der Waals surface area contributed by atoms with Gasteiger partial charge in [-0.1, -0.05) is 0 Å². The molecule has 90 valence electrons. The number of ketones is 1. The van der Waals surface area contributed by atoms with E-state index in [1.165, 1.54) is 0 Å². The number of Topliss-reactive ketones (excluding diaryl/α,β-unsaturated/α-hetero) is 1. The van der Waals surface area contributed by atoms with Gasteiger partial charge in [0, 0.05) is 0 Å². The number of aliphatic carboxylic acids is 1. The first kappa shape index (κ1) is 14.4. The van der Waals surface area contributed by atoms with E-state index < -0.39 is 39.1 Å². The Morgan fingerprint density at radius 2 is 1.80 bits per heavy atom. The summed E-state index contributed by atoms with van der Waals surface area (Å²) in [4.78, 5) is 45.8. The molecule has 0 spiro atoms. The molecular formula is C6H13O8P. The van der Waals surface area contributed by atoms with Gasteiger partial charge in [0.15, 0.2) is 0 Å².